The van der Waals surface area contributed by atoms with Crippen molar-refractivity contribution in [3.8, 4) is 0 Å². The molecule has 0 unspecified atom stereocenters. The second-order valence-electron chi connectivity index (χ2n) is 7.94. The lowest BCUT2D eigenvalue weighted by molar-refractivity contribution is -0.142. The SMILES string of the molecule is C[C@H](C(=O)N(C)Cc1ccccc1)N1C(=O)NC(c2ccccc2)(c2ccccc2)C1=O. The largest absolute Gasteiger partial charge is 0.340 e. The fourth-order valence-corrected chi connectivity index (χ4v) is 4.20. The van der Waals surface area contributed by atoms with E-state index in [9.17, 15) is 14.4 Å². The molecule has 3 aromatic carbocycles. The van der Waals surface area contributed by atoms with E-state index in [-0.39, 0.29) is 5.91 Å². The van der Waals surface area contributed by atoms with Crippen LogP contribution in [0, 0.1) is 0 Å². The predicted molar refractivity (Wildman–Crippen MR) is 121 cm³/mol. The number of imide groups is 1. The van der Waals surface area contributed by atoms with Crippen molar-refractivity contribution in [2.75, 3.05) is 7.05 Å². The first-order chi connectivity index (χ1) is 15.4. The Morgan fingerprint density at radius 1 is 0.875 bits per heavy atom. The van der Waals surface area contributed by atoms with Gasteiger partial charge >= 0.3 is 6.03 Å². The summed E-state index contributed by atoms with van der Waals surface area (Å²) in [6.45, 7) is 1.98. The van der Waals surface area contributed by atoms with Gasteiger partial charge in [0, 0.05) is 13.6 Å². The third kappa shape index (κ3) is 3.64. The van der Waals surface area contributed by atoms with Crippen molar-refractivity contribution in [1.29, 1.82) is 0 Å². The molecule has 1 N–H and O–H groups in total. The summed E-state index contributed by atoms with van der Waals surface area (Å²) >= 11 is 0. The third-order valence-electron chi connectivity index (χ3n) is 5.85. The summed E-state index contributed by atoms with van der Waals surface area (Å²) in [5.74, 6) is -0.775. The molecule has 1 saturated heterocycles. The maximum absolute atomic E-state index is 13.8. The van der Waals surface area contributed by atoms with E-state index >= 15 is 0 Å². The van der Waals surface area contributed by atoms with Gasteiger partial charge in [-0.25, -0.2) is 9.69 Å². The number of nitrogens with one attached hydrogen (secondary N) is 1. The van der Waals surface area contributed by atoms with Gasteiger partial charge < -0.3 is 10.2 Å². The van der Waals surface area contributed by atoms with E-state index in [0.717, 1.165) is 10.5 Å². The highest BCUT2D eigenvalue weighted by Gasteiger charge is 2.56. The first-order valence-electron chi connectivity index (χ1n) is 10.5. The molecule has 1 fully saturated rings. The van der Waals surface area contributed by atoms with Gasteiger partial charge in [0.1, 0.15) is 6.04 Å². The lowest BCUT2D eigenvalue weighted by atomic mass is 9.82. The number of rotatable bonds is 6. The van der Waals surface area contributed by atoms with Gasteiger partial charge in [-0.3, -0.25) is 9.59 Å². The zero-order valence-electron chi connectivity index (χ0n) is 18.1. The van der Waals surface area contributed by atoms with Crippen LogP contribution in [0.5, 0.6) is 0 Å². The first-order valence-corrected chi connectivity index (χ1v) is 10.5. The van der Waals surface area contributed by atoms with Crippen molar-refractivity contribution in [2.45, 2.75) is 25.0 Å². The van der Waals surface area contributed by atoms with Crippen molar-refractivity contribution >= 4 is 17.8 Å². The standard InChI is InChI=1S/C26H25N3O3/c1-19(23(30)28(2)18-20-12-6-3-7-13-20)29-24(31)26(27-25(29)32,21-14-8-4-9-15-21)22-16-10-5-11-17-22/h3-17,19H,18H2,1-2H3,(H,27,32)/t19-/m1/s1. The molecule has 4 amide bonds. The smallest absolute Gasteiger partial charge is 0.326 e. The van der Waals surface area contributed by atoms with Crippen LogP contribution in [0.15, 0.2) is 91.0 Å². The Morgan fingerprint density at radius 3 is 1.84 bits per heavy atom. The van der Waals surface area contributed by atoms with Crippen molar-refractivity contribution in [3.63, 3.8) is 0 Å². The van der Waals surface area contributed by atoms with Crippen LogP contribution in [0.25, 0.3) is 0 Å². The van der Waals surface area contributed by atoms with Crippen molar-refractivity contribution < 1.29 is 14.4 Å². The summed E-state index contributed by atoms with van der Waals surface area (Å²) in [7, 11) is 1.67. The quantitative estimate of drug-likeness (QED) is 0.612. The first kappa shape index (κ1) is 21.3. The molecule has 0 radical (unpaired) electrons. The number of likely N-dealkylation sites (N-methyl/N-ethyl adjacent to an activating group) is 1. The summed E-state index contributed by atoms with van der Waals surface area (Å²) < 4.78 is 0. The van der Waals surface area contributed by atoms with E-state index in [0.29, 0.717) is 17.7 Å². The number of benzene rings is 3. The molecule has 0 aliphatic carbocycles. The monoisotopic (exact) mass is 427 g/mol. The fourth-order valence-electron chi connectivity index (χ4n) is 4.20. The molecule has 1 aliphatic heterocycles. The van der Waals surface area contributed by atoms with Crippen molar-refractivity contribution in [3.05, 3.63) is 108 Å². The molecule has 0 spiro atoms. The topological polar surface area (TPSA) is 69.7 Å². The van der Waals surface area contributed by atoms with Crippen LogP contribution in [0.3, 0.4) is 0 Å². The Morgan fingerprint density at radius 2 is 1.34 bits per heavy atom. The van der Waals surface area contributed by atoms with Crippen LogP contribution in [-0.4, -0.2) is 40.7 Å². The van der Waals surface area contributed by atoms with E-state index in [1.165, 1.54) is 4.90 Å². The summed E-state index contributed by atoms with van der Waals surface area (Å²) in [6, 6.07) is 26.3. The van der Waals surface area contributed by atoms with E-state index in [2.05, 4.69) is 5.32 Å². The number of urea groups is 1. The van der Waals surface area contributed by atoms with E-state index in [1.807, 2.05) is 91.0 Å². The molecule has 0 aromatic heterocycles. The van der Waals surface area contributed by atoms with Crippen molar-refractivity contribution in [1.82, 2.24) is 15.1 Å². The molecule has 6 heteroatoms. The Labute approximate surface area is 187 Å². The molecule has 0 bridgehead atoms. The van der Waals surface area contributed by atoms with Crippen LogP contribution in [0.1, 0.15) is 23.6 Å². The minimum Gasteiger partial charge on any atom is -0.340 e. The summed E-state index contributed by atoms with van der Waals surface area (Å²) in [6.07, 6.45) is 0. The molecule has 32 heavy (non-hydrogen) atoms. The number of carbonyl (C=O) groups excluding carboxylic acids is 3. The number of nitrogens with zero attached hydrogens (tertiary/aromatic N) is 2. The van der Waals surface area contributed by atoms with Gasteiger partial charge in [-0.15, -0.1) is 0 Å². The maximum Gasteiger partial charge on any atom is 0.326 e. The molecule has 1 heterocycles. The molecule has 4 rings (SSSR count). The number of carbonyl (C=O) groups is 3. The van der Waals surface area contributed by atoms with E-state index in [4.69, 9.17) is 0 Å². The second kappa shape index (κ2) is 8.67. The third-order valence-corrected chi connectivity index (χ3v) is 5.85. The highest BCUT2D eigenvalue weighted by atomic mass is 16.2. The van der Waals surface area contributed by atoms with Crippen molar-refractivity contribution in [2.24, 2.45) is 0 Å². The van der Waals surface area contributed by atoms with Crippen LogP contribution in [0.4, 0.5) is 4.79 Å². The Kier molecular flexibility index (Phi) is 5.77. The van der Waals surface area contributed by atoms with Crippen LogP contribution in [-0.2, 0) is 21.7 Å². The molecular formula is C26H25N3O3. The van der Waals surface area contributed by atoms with Gasteiger partial charge in [-0.05, 0) is 23.6 Å². The van der Waals surface area contributed by atoms with Gasteiger partial charge in [-0.1, -0.05) is 91.0 Å². The molecule has 1 aliphatic rings. The van der Waals surface area contributed by atoms with Gasteiger partial charge in [0.05, 0.1) is 0 Å². The predicted octanol–water partition coefficient (Wildman–Crippen LogP) is 3.53. The lowest BCUT2D eigenvalue weighted by Crippen LogP contribution is -2.50. The average molecular weight is 428 g/mol. The van der Waals surface area contributed by atoms with Crippen LogP contribution < -0.4 is 5.32 Å². The van der Waals surface area contributed by atoms with Gasteiger partial charge in [-0.2, -0.15) is 0 Å². The van der Waals surface area contributed by atoms with E-state index in [1.54, 1.807) is 14.0 Å². The molecule has 1 atom stereocenters. The normalized spacial score (nSPS) is 15.9. The minimum atomic E-state index is -1.38. The molecule has 162 valence electrons. The van der Waals surface area contributed by atoms with Gasteiger partial charge in [0.2, 0.25) is 5.91 Å². The molecule has 0 saturated carbocycles. The fraction of sp³-hybridized carbons (Fsp3) is 0.192. The summed E-state index contributed by atoms with van der Waals surface area (Å²) in [5, 5.41) is 2.89. The lowest BCUT2D eigenvalue weighted by Gasteiger charge is -2.30. The van der Waals surface area contributed by atoms with Gasteiger partial charge in [0.25, 0.3) is 5.91 Å². The maximum atomic E-state index is 13.8. The number of amides is 4. The Hall–Kier alpha value is -3.93. The highest BCUT2D eigenvalue weighted by molar-refractivity contribution is 6.12. The van der Waals surface area contributed by atoms with Crippen LogP contribution in [0.2, 0.25) is 0 Å². The Bertz CT molecular complexity index is 1080. The number of hydrogen-bond acceptors (Lipinski definition) is 3. The molecule has 6 nitrogen and oxygen atoms in total. The zero-order valence-corrected chi connectivity index (χ0v) is 18.1. The van der Waals surface area contributed by atoms with E-state index < -0.39 is 23.5 Å². The number of hydrogen-bond donors (Lipinski definition) is 1. The highest BCUT2D eigenvalue weighted by Crippen LogP contribution is 2.36. The molecular weight excluding hydrogens is 402 g/mol. The average Bonchev–Trinajstić information content (AvgIpc) is 3.10. The molecule has 3 aromatic rings. The summed E-state index contributed by atoms with van der Waals surface area (Å²) in [4.78, 5) is 42.7. The minimum absolute atomic E-state index is 0.311. The second-order valence-corrected chi connectivity index (χ2v) is 7.94. The van der Waals surface area contributed by atoms with Crippen LogP contribution >= 0.6 is 0 Å². The summed E-state index contributed by atoms with van der Waals surface area (Å²) in [5.41, 5.74) is 0.871. The van der Waals surface area contributed by atoms with Gasteiger partial charge in [0.15, 0.2) is 5.54 Å². The zero-order chi connectivity index (χ0) is 22.7. The Balaban J connectivity index is 1.66.